The second kappa shape index (κ2) is 12.4. The Morgan fingerprint density at radius 2 is 1.46 bits per heavy atom. The maximum absolute atomic E-state index is 13.7. The number of rotatable bonds is 12. The Morgan fingerprint density at radius 1 is 0.821 bits per heavy atom. The normalized spacial score (nSPS) is 11.6. The quantitative estimate of drug-likeness (QED) is 0.334. The van der Waals surface area contributed by atoms with Crippen LogP contribution in [0.2, 0.25) is 0 Å². The van der Waals surface area contributed by atoms with Crippen LogP contribution in [0, 0.1) is 0 Å². The third-order valence-corrected chi connectivity index (χ3v) is 8.85. The molecule has 0 fully saturated rings. The topological polar surface area (TPSA) is 140 Å². The highest BCUT2D eigenvalue weighted by molar-refractivity contribution is 7.93. The zero-order valence-corrected chi connectivity index (χ0v) is 23.8. The van der Waals surface area contributed by atoms with Crippen molar-refractivity contribution in [3.63, 3.8) is 0 Å². The van der Waals surface area contributed by atoms with Gasteiger partial charge in [-0.15, -0.1) is 0 Å². The van der Waals surface area contributed by atoms with Gasteiger partial charge in [-0.2, -0.15) is 0 Å². The molecule has 11 nitrogen and oxygen atoms in total. The summed E-state index contributed by atoms with van der Waals surface area (Å²) < 4.78 is 72.2. The second-order valence-corrected chi connectivity index (χ2v) is 12.1. The van der Waals surface area contributed by atoms with Crippen molar-refractivity contribution in [2.45, 2.75) is 29.7 Å². The van der Waals surface area contributed by atoms with E-state index in [1.54, 1.807) is 38.1 Å². The summed E-state index contributed by atoms with van der Waals surface area (Å²) in [6, 6.07) is 15.8. The van der Waals surface area contributed by atoms with Gasteiger partial charge in [-0.3, -0.25) is 9.10 Å². The zero-order chi connectivity index (χ0) is 28.8. The Morgan fingerprint density at radius 3 is 2.05 bits per heavy atom. The predicted octanol–water partition coefficient (Wildman–Crippen LogP) is 3.23. The number of amides is 1. The van der Waals surface area contributed by atoms with Crippen LogP contribution in [-0.2, 0) is 24.8 Å². The molecule has 0 spiro atoms. The number of hydrogen-bond donors (Lipinski definition) is 2. The van der Waals surface area contributed by atoms with E-state index >= 15 is 0 Å². The lowest BCUT2D eigenvalue weighted by molar-refractivity contribution is -0.114. The number of sulfonamides is 2. The summed E-state index contributed by atoms with van der Waals surface area (Å²) in [6.07, 6.45) is 0. The molecular formula is C26H31N3O8S2. The van der Waals surface area contributed by atoms with Crippen molar-refractivity contribution in [1.82, 2.24) is 4.72 Å². The van der Waals surface area contributed by atoms with Crippen LogP contribution in [0.5, 0.6) is 17.2 Å². The number of ether oxygens (including phenoxy) is 3. The van der Waals surface area contributed by atoms with Gasteiger partial charge in [-0.1, -0.05) is 18.2 Å². The standard InChI is InChI=1S/C26H31N3O8S2/c1-18(2)28-38(31,32)21-12-14-24(36-4)22(16-21)27-26(30)17-29(39(33,34)20-9-7-6-8-10-20)23-15-19(35-3)11-13-25(23)37-5/h6-16,18,28H,17H2,1-5H3,(H,27,30). The first-order valence-corrected chi connectivity index (χ1v) is 14.6. The number of nitrogens with zero attached hydrogens (tertiary/aromatic N) is 1. The first-order chi connectivity index (χ1) is 18.4. The summed E-state index contributed by atoms with van der Waals surface area (Å²) in [5, 5.41) is 2.58. The Bertz CT molecular complexity index is 1530. The monoisotopic (exact) mass is 577 g/mol. The molecule has 1 amide bonds. The van der Waals surface area contributed by atoms with Crippen molar-refractivity contribution < 1.29 is 35.8 Å². The van der Waals surface area contributed by atoms with Gasteiger partial charge in [0.1, 0.15) is 23.8 Å². The molecule has 2 N–H and O–H groups in total. The Hall–Kier alpha value is -3.81. The van der Waals surface area contributed by atoms with Crippen molar-refractivity contribution in [1.29, 1.82) is 0 Å². The summed E-state index contributed by atoms with van der Waals surface area (Å²) in [7, 11) is -3.98. The fourth-order valence-corrected chi connectivity index (χ4v) is 6.38. The molecule has 0 unspecified atom stereocenters. The van der Waals surface area contributed by atoms with Gasteiger partial charge >= 0.3 is 0 Å². The fraction of sp³-hybridized carbons (Fsp3) is 0.269. The van der Waals surface area contributed by atoms with E-state index in [0.29, 0.717) is 5.75 Å². The molecule has 13 heteroatoms. The zero-order valence-electron chi connectivity index (χ0n) is 22.2. The maximum Gasteiger partial charge on any atom is 0.264 e. The first-order valence-electron chi connectivity index (χ1n) is 11.7. The Balaban J connectivity index is 2.05. The lowest BCUT2D eigenvalue weighted by Crippen LogP contribution is -2.38. The maximum atomic E-state index is 13.7. The molecule has 210 valence electrons. The van der Waals surface area contributed by atoms with Crippen molar-refractivity contribution in [2.75, 3.05) is 37.5 Å². The molecule has 0 radical (unpaired) electrons. The highest BCUT2D eigenvalue weighted by Crippen LogP contribution is 2.36. The van der Waals surface area contributed by atoms with Crippen LogP contribution < -0.4 is 28.6 Å². The number of benzene rings is 3. The molecule has 0 atom stereocenters. The lowest BCUT2D eigenvalue weighted by atomic mass is 10.2. The molecule has 39 heavy (non-hydrogen) atoms. The average Bonchev–Trinajstić information content (AvgIpc) is 2.91. The van der Waals surface area contributed by atoms with Crippen molar-refractivity contribution in [2.24, 2.45) is 0 Å². The average molecular weight is 578 g/mol. The third-order valence-electron chi connectivity index (χ3n) is 5.42. The number of anilines is 2. The van der Waals surface area contributed by atoms with Crippen LogP contribution in [0.1, 0.15) is 13.8 Å². The van der Waals surface area contributed by atoms with Gasteiger partial charge < -0.3 is 19.5 Å². The van der Waals surface area contributed by atoms with Gasteiger partial charge in [0, 0.05) is 12.1 Å². The highest BCUT2D eigenvalue weighted by atomic mass is 32.2. The molecule has 3 aromatic carbocycles. The van der Waals surface area contributed by atoms with Gasteiger partial charge in [0.15, 0.2) is 0 Å². The summed E-state index contributed by atoms with van der Waals surface area (Å²) in [5.74, 6) is -0.0439. The van der Waals surface area contributed by atoms with Gasteiger partial charge in [0.05, 0.1) is 42.5 Å². The first kappa shape index (κ1) is 29.7. The van der Waals surface area contributed by atoms with Crippen LogP contribution in [0.4, 0.5) is 11.4 Å². The van der Waals surface area contributed by atoms with E-state index in [1.807, 2.05) is 0 Å². The Labute approximate surface area is 228 Å². The molecule has 0 aliphatic rings. The van der Waals surface area contributed by atoms with Crippen molar-refractivity contribution >= 4 is 37.3 Å². The van der Waals surface area contributed by atoms with Gasteiger partial charge in [0.2, 0.25) is 15.9 Å². The minimum absolute atomic E-state index is 0.0452. The molecule has 0 aliphatic heterocycles. The second-order valence-electron chi connectivity index (χ2n) is 8.55. The summed E-state index contributed by atoms with van der Waals surface area (Å²) >= 11 is 0. The summed E-state index contributed by atoms with van der Waals surface area (Å²) in [5.41, 5.74) is 0.115. The van der Waals surface area contributed by atoms with Crippen LogP contribution in [0.3, 0.4) is 0 Å². The lowest BCUT2D eigenvalue weighted by Gasteiger charge is -2.26. The van der Waals surface area contributed by atoms with E-state index in [-0.39, 0.29) is 38.7 Å². The number of carbonyl (C=O) groups is 1. The smallest absolute Gasteiger partial charge is 0.264 e. The van der Waals surface area contributed by atoms with Crippen molar-refractivity contribution in [3.05, 3.63) is 66.7 Å². The molecule has 0 bridgehead atoms. The third kappa shape index (κ3) is 6.99. The summed E-state index contributed by atoms with van der Waals surface area (Å²) in [4.78, 5) is 13.2. The number of nitrogens with one attached hydrogen (secondary N) is 2. The number of hydrogen-bond acceptors (Lipinski definition) is 8. The minimum atomic E-state index is -4.26. The van der Waals surface area contributed by atoms with Crippen LogP contribution >= 0.6 is 0 Å². The molecule has 0 aromatic heterocycles. The Kier molecular flexibility index (Phi) is 9.43. The van der Waals surface area contributed by atoms with E-state index in [1.165, 1.54) is 63.8 Å². The van der Waals surface area contributed by atoms with E-state index in [0.717, 1.165) is 4.31 Å². The molecule has 0 aliphatic carbocycles. The van der Waals surface area contributed by atoms with E-state index in [9.17, 15) is 21.6 Å². The van der Waals surface area contributed by atoms with Gasteiger partial charge in [-0.05, 0) is 56.3 Å². The SMILES string of the molecule is COc1ccc(OC)c(N(CC(=O)Nc2cc(S(=O)(=O)NC(C)C)ccc2OC)S(=O)(=O)c2ccccc2)c1. The molecule has 0 saturated heterocycles. The van der Waals surface area contributed by atoms with Gasteiger partial charge in [-0.25, -0.2) is 21.6 Å². The summed E-state index contributed by atoms with van der Waals surface area (Å²) in [6.45, 7) is 2.68. The number of methoxy groups -OCH3 is 3. The van der Waals surface area contributed by atoms with E-state index < -0.39 is 32.5 Å². The van der Waals surface area contributed by atoms with Crippen LogP contribution in [-0.4, -0.2) is 56.7 Å². The molecular weight excluding hydrogens is 546 g/mol. The molecule has 3 aromatic rings. The number of carbonyl (C=O) groups excluding carboxylic acids is 1. The van der Waals surface area contributed by atoms with Crippen molar-refractivity contribution in [3.8, 4) is 17.2 Å². The minimum Gasteiger partial charge on any atom is -0.497 e. The van der Waals surface area contributed by atoms with E-state index in [4.69, 9.17) is 14.2 Å². The van der Waals surface area contributed by atoms with E-state index in [2.05, 4.69) is 10.0 Å². The largest absolute Gasteiger partial charge is 0.497 e. The molecule has 0 saturated carbocycles. The van der Waals surface area contributed by atoms with Crippen LogP contribution in [0.15, 0.2) is 76.5 Å². The molecule has 0 heterocycles. The predicted molar refractivity (Wildman–Crippen MR) is 148 cm³/mol. The fourth-order valence-electron chi connectivity index (χ4n) is 3.66. The molecule has 3 rings (SSSR count). The highest BCUT2D eigenvalue weighted by Gasteiger charge is 2.30. The van der Waals surface area contributed by atoms with Crippen LogP contribution in [0.25, 0.3) is 0 Å². The van der Waals surface area contributed by atoms with Gasteiger partial charge in [0.25, 0.3) is 10.0 Å².